The molecule has 1 amide bonds. The normalized spacial score (nSPS) is 5.57. The van der Waals surface area contributed by atoms with Gasteiger partial charge >= 0.3 is 0 Å². The minimum absolute atomic E-state index is 0.681. The van der Waals surface area contributed by atoms with E-state index in [-0.39, 0.29) is 0 Å². The third-order valence-electron chi connectivity index (χ3n) is 0.287. The zero-order valence-corrected chi connectivity index (χ0v) is 4.35. The predicted molar refractivity (Wildman–Crippen MR) is 28.1 cm³/mol. The largest absolute Gasteiger partial charge is 0.359 e. The molecule has 5 N–H and O–H groups in total. The van der Waals surface area contributed by atoms with E-state index in [0.717, 1.165) is 6.54 Å². The van der Waals surface area contributed by atoms with Crippen LogP contribution in [-0.2, 0) is 4.79 Å². The van der Waals surface area contributed by atoms with Crippen LogP contribution >= 0.6 is 0 Å². The Morgan fingerprint density at radius 1 is 1.71 bits per heavy atom. The van der Waals surface area contributed by atoms with Gasteiger partial charge in [-0.15, -0.1) is 0 Å². The highest BCUT2D eigenvalue weighted by Gasteiger charge is 1.59. The van der Waals surface area contributed by atoms with E-state index in [1.807, 2.05) is 6.92 Å². The molecule has 0 atom stereocenters. The summed E-state index contributed by atoms with van der Waals surface area (Å²) in [5.74, 6) is 8.00. The summed E-state index contributed by atoms with van der Waals surface area (Å²) in [6.07, 6.45) is 0.681. The number of nitrogens with two attached hydrogens (primary N) is 2. The van der Waals surface area contributed by atoms with Gasteiger partial charge in [0, 0.05) is 6.54 Å². The lowest BCUT2D eigenvalue weighted by atomic mass is 10.8. The van der Waals surface area contributed by atoms with Gasteiger partial charge in [-0.3, -0.25) is 16.5 Å². The topological polar surface area (TPSA) is 81.1 Å². The molecule has 0 aromatic rings. The summed E-state index contributed by atoms with van der Waals surface area (Å²) < 4.78 is 0. The molecule has 0 aliphatic rings. The van der Waals surface area contributed by atoms with Crippen LogP contribution in [0.3, 0.4) is 0 Å². The van der Waals surface area contributed by atoms with Crippen molar-refractivity contribution < 1.29 is 4.79 Å². The zero-order chi connectivity index (χ0) is 6.12. The lowest BCUT2D eigenvalue weighted by molar-refractivity contribution is -0.109. The summed E-state index contributed by atoms with van der Waals surface area (Å²) in [5, 5.41) is 2.43. The fourth-order valence-electron chi connectivity index (χ4n) is 0.0833. The quantitative estimate of drug-likeness (QED) is 0.229. The summed E-state index contributed by atoms with van der Waals surface area (Å²) in [7, 11) is 0. The Bertz CT molecular complexity index is 31.4. The average Bonchev–Trinajstić information content (AvgIpc) is 1.75. The average molecular weight is 105 g/mol. The van der Waals surface area contributed by atoms with Gasteiger partial charge in [-0.1, -0.05) is 0 Å². The molecule has 0 aromatic heterocycles. The molecule has 4 nitrogen and oxygen atoms in total. The van der Waals surface area contributed by atoms with Gasteiger partial charge in [-0.05, 0) is 6.92 Å². The second kappa shape index (κ2) is 18.2. The van der Waals surface area contributed by atoms with Gasteiger partial charge in [-0.2, -0.15) is 0 Å². The molecule has 4 heteroatoms. The summed E-state index contributed by atoms with van der Waals surface area (Å²) in [6, 6.07) is 0. The van der Waals surface area contributed by atoms with Crippen LogP contribution in [0, 0.1) is 0 Å². The Labute approximate surface area is 42.8 Å². The molecule has 7 heavy (non-hydrogen) atoms. The fraction of sp³-hybridized carbons (Fsp3) is 0.667. The second-order valence-corrected chi connectivity index (χ2v) is 0.676. The van der Waals surface area contributed by atoms with E-state index in [0.29, 0.717) is 6.41 Å². The molecule has 44 valence electrons. The summed E-state index contributed by atoms with van der Waals surface area (Å²) >= 11 is 0. The highest BCUT2D eigenvalue weighted by Crippen LogP contribution is 1.37. The van der Waals surface area contributed by atoms with Gasteiger partial charge in [0.2, 0.25) is 6.41 Å². The molecule has 0 aromatic carbocycles. The summed E-state index contributed by atoms with van der Waals surface area (Å²) in [6.45, 7) is 2.60. The highest BCUT2D eigenvalue weighted by molar-refractivity contribution is 5.45. The number of amides is 1. The Morgan fingerprint density at radius 2 is 2.14 bits per heavy atom. The van der Waals surface area contributed by atoms with Crippen LogP contribution in [0.25, 0.3) is 0 Å². The number of hydrogen-bond acceptors (Lipinski definition) is 3. The molecule has 0 heterocycles. The number of carbonyl (C=O) groups excluding carboxylic acids is 1. The highest BCUT2D eigenvalue weighted by atomic mass is 16.1. The van der Waals surface area contributed by atoms with Crippen molar-refractivity contribution in [3.63, 3.8) is 0 Å². The van der Waals surface area contributed by atoms with Crippen molar-refractivity contribution in [3.8, 4) is 0 Å². The molecule has 0 rings (SSSR count). The van der Waals surface area contributed by atoms with E-state index in [1.165, 1.54) is 0 Å². The van der Waals surface area contributed by atoms with Gasteiger partial charge in [-0.25, -0.2) is 0 Å². The van der Waals surface area contributed by atoms with E-state index in [9.17, 15) is 4.79 Å². The number of carbonyl (C=O) groups is 1. The first-order valence-corrected chi connectivity index (χ1v) is 1.92. The van der Waals surface area contributed by atoms with Gasteiger partial charge < -0.3 is 5.32 Å². The Morgan fingerprint density at radius 3 is 2.14 bits per heavy atom. The van der Waals surface area contributed by atoms with Crippen LogP contribution in [0.4, 0.5) is 0 Å². The van der Waals surface area contributed by atoms with Crippen LogP contribution in [-0.4, -0.2) is 13.0 Å². The lowest BCUT2D eigenvalue weighted by Crippen LogP contribution is -2.07. The Kier molecular flexibility index (Phi) is 25.0. The van der Waals surface area contributed by atoms with Crippen molar-refractivity contribution in [2.24, 2.45) is 11.7 Å². The minimum atomic E-state index is 0.681. The molecule has 0 aliphatic heterocycles. The first kappa shape index (κ1) is 9.63. The maximum atomic E-state index is 9.29. The Balaban J connectivity index is 0. The molecule has 0 bridgehead atoms. The molecule has 0 aliphatic carbocycles. The minimum Gasteiger partial charge on any atom is -0.359 e. The van der Waals surface area contributed by atoms with Crippen molar-refractivity contribution in [3.05, 3.63) is 0 Å². The van der Waals surface area contributed by atoms with Gasteiger partial charge in [0.1, 0.15) is 0 Å². The van der Waals surface area contributed by atoms with E-state index in [1.54, 1.807) is 0 Å². The molecular weight excluding hydrogens is 94.1 g/mol. The molecule has 0 spiro atoms. The molecule has 0 saturated heterocycles. The van der Waals surface area contributed by atoms with Crippen LogP contribution in [0.5, 0.6) is 0 Å². The van der Waals surface area contributed by atoms with Crippen molar-refractivity contribution in [2.45, 2.75) is 6.92 Å². The van der Waals surface area contributed by atoms with Gasteiger partial charge in [0.15, 0.2) is 0 Å². The predicted octanol–water partition coefficient (Wildman–Crippen LogP) is -1.43. The maximum absolute atomic E-state index is 9.29. The van der Waals surface area contributed by atoms with Crippen molar-refractivity contribution >= 4 is 6.41 Å². The van der Waals surface area contributed by atoms with Gasteiger partial charge in [0.25, 0.3) is 0 Å². The first-order chi connectivity index (χ1) is 3.41. The number of hydrogen-bond donors (Lipinski definition) is 3. The second-order valence-electron chi connectivity index (χ2n) is 0.676. The summed E-state index contributed by atoms with van der Waals surface area (Å²) in [5.41, 5.74) is 0. The van der Waals surface area contributed by atoms with E-state index < -0.39 is 0 Å². The third kappa shape index (κ3) is 32.1. The summed E-state index contributed by atoms with van der Waals surface area (Å²) in [4.78, 5) is 9.29. The van der Waals surface area contributed by atoms with Crippen molar-refractivity contribution in [1.29, 1.82) is 0 Å². The fourth-order valence-corrected chi connectivity index (χ4v) is 0.0833. The monoisotopic (exact) mass is 105 g/mol. The molecule has 0 radical (unpaired) electrons. The molecule has 0 saturated carbocycles. The SMILES string of the molecule is CCNC=O.NN. The van der Waals surface area contributed by atoms with Crippen LogP contribution in [0.15, 0.2) is 0 Å². The van der Waals surface area contributed by atoms with Crippen LogP contribution in [0.2, 0.25) is 0 Å². The van der Waals surface area contributed by atoms with Crippen molar-refractivity contribution in [1.82, 2.24) is 5.32 Å². The lowest BCUT2D eigenvalue weighted by Gasteiger charge is -1.78. The molecule has 0 unspecified atom stereocenters. The van der Waals surface area contributed by atoms with E-state index >= 15 is 0 Å². The number of hydrazine groups is 1. The van der Waals surface area contributed by atoms with Crippen LogP contribution in [0.1, 0.15) is 6.92 Å². The molecule has 0 fully saturated rings. The third-order valence-corrected chi connectivity index (χ3v) is 0.287. The van der Waals surface area contributed by atoms with Crippen LogP contribution < -0.4 is 17.0 Å². The van der Waals surface area contributed by atoms with Crippen molar-refractivity contribution in [2.75, 3.05) is 6.54 Å². The van der Waals surface area contributed by atoms with Gasteiger partial charge in [0.05, 0.1) is 0 Å². The Hall–Kier alpha value is -0.610. The number of nitrogens with one attached hydrogen (secondary N) is 1. The first-order valence-electron chi connectivity index (χ1n) is 1.92. The molecular formula is C3H11N3O. The smallest absolute Gasteiger partial charge is 0.207 e. The number of rotatable bonds is 2. The van der Waals surface area contributed by atoms with E-state index in [2.05, 4.69) is 17.0 Å². The zero-order valence-electron chi connectivity index (χ0n) is 4.35. The van der Waals surface area contributed by atoms with E-state index in [4.69, 9.17) is 0 Å². The standard InChI is InChI=1S/C3H7NO.H4N2/c1-2-4-3-5;1-2/h3H,2H2,1H3,(H,4,5);1-2H2. The maximum Gasteiger partial charge on any atom is 0.207 e.